The number of halogens is 3. The quantitative estimate of drug-likeness (QED) is 0.491. The molecular formula is C20H17F3N6O2. The highest BCUT2D eigenvalue weighted by Crippen LogP contribution is 2.32. The van der Waals surface area contributed by atoms with Crippen LogP contribution in [-0.4, -0.2) is 44.2 Å². The van der Waals surface area contributed by atoms with Crippen molar-refractivity contribution in [1.29, 1.82) is 0 Å². The van der Waals surface area contributed by atoms with Crippen molar-refractivity contribution in [3.8, 4) is 0 Å². The summed E-state index contributed by atoms with van der Waals surface area (Å²) in [6.45, 7) is 2.71. The molecule has 1 N–H and O–H groups in total. The summed E-state index contributed by atoms with van der Waals surface area (Å²) in [5.74, 6) is -1.27. The van der Waals surface area contributed by atoms with E-state index in [9.17, 15) is 18.0 Å². The predicted molar refractivity (Wildman–Crippen MR) is 105 cm³/mol. The van der Waals surface area contributed by atoms with Gasteiger partial charge in [-0.25, -0.2) is 9.78 Å². The Bertz CT molecular complexity index is 1340. The Hall–Kier alpha value is -3.63. The summed E-state index contributed by atoms with van der Waals surface area (Å²) in [7, 11) is 1.32. The van der Waals surface area contributed by atoms with Crippen LogP contribution in [0.25, 0.3) is 16.7 Å². The number of nitrogens with zero attached hydrogens (tertiary/aromatic N) is 5. The molecule has 1 aromatic carbocycles. The zero-order valence-corrected chi connectivity index (χ0v) is 16.6. The predicted octanol–water partition coefficient (Wildman–Crippen LogP) is 3.28. The minimum absolute atomic E-state index is 0.0972. The molecule has 31 heavy (non-hydrogen) atoms. The molecule has 0 amide bonds. The smallest absolute Gasteiger partial charge is 0.453 e. The lowest BCUT2D eigenvalue weighted by Gasteiger charge is -2.29. The number of aromatic nitrogens is 5. The number of fused-ring (bicyclic) bond motifs is 4. The first-order valence-corrected chi connectivity index (χ1v) is 9.53. The largest absolute Gasteiger partial charge is 0.465 e. The SMILES string of the molecule is COC(=O)c1ccc2[nH]c3c(c2c1)CN(c1cc(C)nc2nc(C(F)(F)F)nn12)CC3. The molecule has 3 aromatic heterocycles. The number of alkyl halides is 3. The monoisotopic (exact) mass is 430 g/mol. The van der Waals surface area contributed by atoms with Crippen molar-refractivity contribution < 1.29 is 22.7 Å². The van der Waals surface area contributed by atoms with Gasteiger partial charge in [-0.2, -0.15) is 22.7 Å². The van der Waals surface area contributed by atoms with E-state index in [1.165, 1.54) is 7.11 Å². The van der Waals surface area contributed by atoms with E-state index in [4.69, 9.17) is 4.74 Å². The summed E-state index contributed by atoms with van der Waals surface area (Å²) in [5, 5.41) is 4.54. The molecule has 0 atom stereocenters. The van der Waals surface area contributed by atoms with E-state index in [0.29, 0.717) is 36.6 Å². The molecule has 160 valence electrons. The van der Waals surface area contributed by atoms with Gasteiger partial charge in [-0.15, -0.1) is 5.10 Å². The number of ether oxygens (including phenoxy) is 1. The Balaban J connectivity index is 1.59. The lowest BCUT2D eigenvalue weighted by atomic mass is 10.0. The molecule has 0 saturated heterocycles. The number of anilines is 1. The second kappa shape index (κ2) is 6.69. The summed E-state index contributed by atoms with van der Waals surface area (Å²) in [6, 6.07) is 6.98. The molecule has 0 bridgehead atoms. The van der Waals surface area contributed by atoms with E-state index < -0.39 is 18.0 Å². The summed E-state index contributed by atoms with van der Waals surface area (Å²) < 4.78 is 45.4. The molecule has 0 fully saturated rings. The first-order chi connectivity index (χ1) is 14.7. The zero-order chi connectivity index (χ0) is 21.9. The highest BCUT2D eigenvalue weighted by molar-refractivity contribution is 5.96. The molecule has 0 aliphatic carbocycles. The van der Waals surface area contributed by atoms with Crippen molar-refractivity contribution in [2.45, 2.75) is 26.1 Å². The van der Waals surface area contributed by atoms with Crippen LogP contribution >= 0.6 is 0 Å². The van der Waals surface area contributed by atoms with E-state index >= 15 is 0 Å². The molecule has 0 spiro atoms. The molecule has 0 saturated carbocycles. The van der Waals surface area contributed by atoms with Crippen LogP contribution in [0, 0.1) is 6.92 Å². The summed E-state index contributed by atoms with van der Waals surface area (Å²) in [5.41, 5.74) is 3.87. The fraction of sp³-hybridized carbons (Fsp3) is 0.300. The number of H-pyrrole nitrogens is 1. The maximum Gasteiger partial charge on any atom is 0.453 e. The number of aromatic amines is 1. The van der Waals surface area contributed by atoms with Gasteiger partial charge in [-0.05, 0) is 25.1 Å². The number of methoxy groups -OCH3 is 1. The van der Waals surface area contributed by atoms with Crippen molar-refractivity contribution in [2.24, 2.45) is 0 Å². The highest BCUT2D eigenvalue weighted by Gasteiger charge is 2.37. The Morgan fingerprint density at radius 2 is 2.03 bits per heavy atom. The Morgan fingerprint density at radius 1 is 1.23 bits per heavy atom. The third-order valence-corrected chi connectivity index (χ3v) is 5.40. The van der Waals surface area contributed by atoms with Crippen LogP contribution in [0.3, 0.4) is 0 Å². The first-order valence-electron chi connectivity index (χ1n) is 9.53. The molecule has 0 radical (unpaired) electrons. The summed E-state index contributed by atoms with van der Waals surface area (Å²) in [4.78, 5) is 24.9. The molecular weight excluding hydrogens is 413 g/mol. The van der Waals surface area contributed by atoms with E-state index in [1.807, 2.05) is 11.0 Å². The average Bonchev–Trinajstić information content (AvgIpc) is 3.33. The highest BCUT2D eigenvalue weighted by atomic mass is 19.4. The normalized spacial score (nSPS) is 14.3. The second-order valence-corrected chi connectivity index (χ2v) is 7.41. The molecule has 8 nitrogen and oxygen atoms in total. The maximum absolute atomic E-state index is 13.1. The fourth-order valence-electron chi connectivity index (χ4n) is 3.97. The number of esters is 1. The minimum atomic E-state index is -4.66. The number of carbonyl (C=O) groups excluding carboxylic acids is 1. The van der Waals surface area contributed by atoms with Crippen molar-refractivity contribution >= 4 is 28.5 Å². The van der Waals surface area contributed by atoms with E-state index in [1.54, 1.807) is 25.1 Å². The van der Waals surface area contributed by atoms with Gasteiger partial charge in [-0.3, -0.25) is 0 Å². The van der Waals surface area contributed by atoms with Gasteiger partial charge < -0.3 is 14.6 Å². The van der Waals surface area contributed by atoms with Gasteiger partial charge in [0.1, 0.15) is 5.82 Å². The molecule has 4 aromatic rings. The van der Waals surface area contributed by atoms with Crippen molar-refractivity contribution in [3.05, 3.63) is 52.6 Å². The summed E-state index contributed by atoms with van der Waals surface area (Å²) in [6.07, 6.45) is -4.00. The summed E-state index contributed by atoms with van der Waals surface area (Å²) >= 11 is 0. The van der Waals surface area contributed by atoms with Crippen LogP contribution in [0.15, 0.2) is 24.3 Å². The number of hydrogen-bond donors (Lipinski definition) is 1. The van der Waals surface area contributed by atoms with Crippen LogP contribution in [0.4, 0.5) is 19.0 Å². The minimum Gasteiger partial charge on any atom is -0.465 e. The average molecular weight is 430 g/mol. The number of aryl methyl sites for hydroxylation is 1. The van der Waals surface area contributed by atoms with Crippen molar-refractivity contribution in [3.63, 3.8) is 0 Å². The number of carbonyl (C=O) groups is 1. The van der Waals surface area contributed by atoms with Gasteiger partial charge in [-0.1, -0.05) is 0 Å². The fourth-order valence-corrected chi connectivity index (χ4v) is 3.97. The van der Waals surface area contributed by atoms with Crippen molar-refractivity contribution in [2.75, 3.05) is 18.6 Å². The van der Waals surface area contributed by atoms with Crippen LogP contribution in [-0.2, 0) is 23.9 Å². The van der Waals surface area contributed by atoms with Gasteiger partial charge in [0.05, 0.1) is 12.7 Å². The van der Waals surface area contributed by atoms with Gasteiger partial charge in [0.2, 0.25) is 0 Å². The Kier molecular flexibility index (Phi) is 4.17. The first kappa shape index (κ1) is 19.3. The van der Waals surface area contributed by atoms with Gasteiger partial charge in [0.25, 0.3) is 11.6 Å². The molecule has 0 unspecified atom stereocenters. The molecule has 5 rings (SSSR count). The number of rotatable bonds is 2. The standard InChI is InChI=1S/C20H17F3N6O2/c1-10-7-16(29-19(24-10)26-18(27-29)20(21,22)23)28-6-5-15-13(9-28)12-8-11(17(30)31-2)3-4-14(12)25-15/h3-4,7-8,25H,5-6,9H2,1-2H3. The zero-order valence-electron chi connectivity index (χ0n) is 16.6. The molecule has 11 heteroatoms. The lowest BCUT2D eigenvalue weighted by molar-refractivity contribution is -0.144. The maximum atomic E-state index is 13.1. The topological polar surface area (TPSA) is 88.4 Å². The van der Waals surface area contributed by atoms with Gasteiger partial charge >= 0.3 is 12.1 Å². The lowest BCUT2D eigenvalue weighted by Crippen LogP contribution is -2.32. The molecule has 1 aliphatic rings. The van der Waals surface area contributed by atoms with E-state index in [2.05, 4.69) is 20.1 Å². The second-order valence-electron chi connectivity index (χ2n) is 7.41. The van der Waals surface area contributed by atoms with Gasteiger partial charge in [0, 0.05) is 53.4 Å². The van der Waals surface area contributed by atoms with Crippen LogP contribution in [0.5, 0.6) is 0 Å². The van der Waals surface area contributed by atoms with E-state index in [0.717, 1.165) is 26.7 Å². The number of nitrogens with one attached hydrogen (secondary N) is 1. The van der Waals surface area contributed by atoms with Crippen molar-refractivity contribution in [1.82, 2.24) is 24.6 Å². The number of benzene rings is 1. The third-order valence-electron chi connectivity index (χ3n) is 5.40. The van der Waals surface area contributed by atoms with E-state index in [-0.39, 0.29) is 5.78 Å². The van der Waals surface area contributed by atoms with Crippen LogP contribution < -0.4 is 4.90 Å². The van der Waals surface area contributed by atoms with Crippen LogP contribution in [0.2, 0.25) is 0 Å². The van der Waals surface area contributed by atoms with Crippen LogP contribution in [0.1, 0.15) is 33.1 Å². The molecule has 1 aliphatic heterocycles. The van der Waals surface area contributed by atoms with Gasteiger partial charge in [0.15, 0.2) is 0 Å². The Morgan fingerprint density at radius 3 is 2.77 bits per heavy atom. The third kappa shape index (κ3) is 3.16. The molecule has 4 heterocycles. The number of hydrogen-bond acceptors (Lipinski definition) is 6. The Labute approximate surface area is 173 Å².